The van der Waals surface area contributed by atoms with Gasteiger partial charge in [-0.3, -0.25) is 4.79 Å². The van der Waals surface area contributed by atoms with E-state index < -0.39 is 0 Å². The lowest BCUT2D eigenvalue weighted by Crippen LogP contribution is -2.12. The first kappa shape index (κ1) is 14.7. The van der Waals surface area contributed by atoms with Gasteiger partial charge in [-0.15, -0.1) is 0 Å². The van der Waals surface area contributed by atoms with Crippen LogP contribution in [0.15, 0.2) is 36.4 Å². The van der Waals surface area contributed by atoms with E-state index in [4.69, 9.17) is 23.2 Å². The molecule has 20 heavy (non-hydrogen) atoms. The third kappa shape index (κ3) is 3.24. The first-order valence-electron chi connectivity index (χ1n) is 6.06. The zero-order chi connectivity index (χ0) is 14.7. The Morgan fingerprint density at radius 1 is 1.05 bits per heavy atom. The van der Waals surface area contributed by atoms with Crippen molar-refractivity contribution in [3.05, 3.63) is 57.6 Å². The largest absolute Gasteiger partial charge is 0.388 e. The van der Waals surface area contributed by atoms with Crippen LogP contribution in [0, 0.1) is 6.92 Å². The number of hydrogen-bond acceptors (Lipinski definition) is 2. The van der Waals surface area contributed by atoms with Crippen molar-refractivity contribution in [2.75, 3.05) is 17.7 Å². The monoisotopic (exact) mass is 308 g/mol. The number of carbonyl (C=O) groups is 1. The van der Waals surface area contributed by atoms with E-state index >= 15 is 0 Å². The number of carbonyl (C=O) groups excluding carboxylic acids is 1. The van der Waals surface area contributed by atoms with E-state index in [0.29, 0.717) is 21.3 Å². The van der Waals surface area contributed by atoms with Gasteiger partial charge in [-0.25, -0.2) is 0 Å². The standard InChI is InChI=1S/C15H14Cl2N2O/c1-9-7-10(3-6-14(9)18-2)15(20)19-11-4-5-12(16)13(17)8-11/h3-8,18H,1-2H3,(H,19,20). The summed E-state index contributed by atoms with van der Waals surface area (Å²) in [5.74, 6) is -0.186. The summed E-state index contributed by atoms with van der Waals surface area (Å²) in [6, 6.07) is 10.5. The fourth-order valence-electron chi connectivity index (χ4n) is 1.86. The van der Waals surface area contributed by atoms with Crippen molar-refractivity contribution in [3.63, 3.8) is 0 Å². The summed E-state index contributed by atoms with van der Waals surface area (Å²) in [6.45, 7) is 1.95. The van der Waals surface area contributed by atoms with Crippen molar-refractivity contribution >= 4 is 40.5 Å². The maximum atomic E-state index is 12.2. The van der Waals surface area contributed by atoms with Crippen LogP contribution in [0.3, 0.4) is 0 Å². The molecule has 0 heterocycles. The number of nitrogens with one attached hydrogen (secondary N) is 2. The van der Waals surface area contributed by atoms with E-state index in [9.17, 15) is 4.79 Å². The number of amides is 1. The summed E-state index contributed by atoms with van der Waals surface area (Å²) >= 11 is 11.8. The third-order valence-electron chi connectivity index (χ3n) is 2.94. The van der Waals surface area contributed by atoms with Gasteiger partial charge in [-0.2, -0.15) is 0 Å². The van der Waals surface area contributed by atoms with Crippen LogP contribution in [0.2, 0.25) is 10.0 Å². The molecular weight excluding hydrogens is 295 g/mol. The van der Waals surface area contributed by atoms with E-state index in [1.54, 1.807) is 24.3 Å². The SMILES string of the molecule is CNc1ccc(C(=O)Nc2ccc(Cl)c(Cl)c2)cc1C. The van der Waals surface area contributed by atoms with E-state index in [1.165, 1.54) is 0 Å². The van der Waals surface area contributed by atoms with Gasteiger partial charge in [0.05, 0.1) is 10.0 Å². The van der Waals surface area contributed by atoms with Gasteiger partial charge in [0.25, 0.3) is 5.91 Å². The summed E-state index contributed by atoms with van der Waals surface area (Å²) < 4.78 is 0. The number of benzene rings is 2. The quantitative estimate of drug-likeness (QED) is 0.870. The van der Waals surface area contributed by atoms with Gasteiger partial charge >= 0.3 is 0 Å². The van der Waals surface area contributed by atoms with Crippen molar-refractivity contribution in [2.24, 2.45) is 0 Å². The van der Waals surface area contributed by atoms with Crippen LogP contribution in [-0.4, -0.2) is 13.0 Å². The Morgan fingerprint density at radius 3 is 2.40 bits per heavy atom. The Morgan fingerprint density at radius 2 is 1.80 bits per heavy atom. The Hall–Kier alpha value is -1.71. The molecule has 0 aliphatic heterocycles. The molecule has 0 saturated carbocycles. The Bertz CT molecular complexity index is 656. The molecule has 0 atom stereocenters. The molecule has 2 aromatic carbocycles. The lowest BCUT2D eigenvalue weighted by atomic mass is 10.1. The molecule has 0 bridgehead atoms. The zero-order valence-corrected chi connectivity index (χ0v) is 12.6. The van der Waals surface area contributed by atoms with Crippen molar-refractivity contribution in [2.45, 2.75) is 6.92 Å². The Kier molecular flexibility index (Phi) is 4.53. The zero-order valence-electron chi connectivity index (χ0n) is 11.1. The third-order valence-corrected chi connectivity index (χ3v) is 3.67. The molecule has 5 heteroatoms. The Labute approximate surface area is 127 Å². The average Bonchev–Trinajstić information content (AvgIpc) is 2.42. The lowest BCUT2D eigenvalue weighted by Gasteiger charge is -2.09. The molecular formula is C15H14Cl2N2O. The molecule has 1 amide bonds. The van der Waals surface area contributed by atoms with E-state index in [1.807, 2.05) is 26.1 Å². The van der Waals surface area contributed by atoms with Gasteiger partial charge in [0.2, 0.25) is 0 Å². The minimum atomic E-state index is -0.186. The molecule has 0 aliphatic rings. The molecule has 104 valence electrons. The molecule has 0 unspecified atom stereocenters. The van der Waals surface area contributed by atoms with Crippen LogP contribution in [0.5, 0.6) is 0 Å². The highest BCUT2D eigenvalue weighted by Gasteiger charge is 2.08. The van der Waals surface area contributed by atoms with Gasteiger partial charge < -0.3 is 10.6 Å². The van der Waals surface area contributed by atoms with Gasteiger partial charge in [0.1, 0.15) is 0 Å². The van der Waals surface area contributed by atoms with Gasteiger partial charge in [0, 0.05) is 24.0 Å². The first-order chi connectivity index (χ1) is 9.51. The van der Waals surface area contributed by atoms with Crippen molar-refractivity contribution in [3.8, 4) is 0 Å². The second-order valence-electron chi connectivity index (χ2n) is 4.36. The number of anilines is 2. The van der Waals surface area contributed by atoms with Gasteiger partial charge in [-0.1, -0.05) is 23.2 Å². The average molecular weight is 309 g/mol. The molecule has 2 rings (SSSR count). The molecule has 2 aromatic rings. The summed E-state index contributed by atoms with van der Waals surface area (Å²) in [6.07, 6.45) is 0. The highest BCUT2D eigenvalue weighted by molar-refractivity contribution is 6.42. The molecule has 0 aromatic heterocycles. The smallest absolute Gasteiger partial charge is 0.255 e. The van der Waals surface area contributed by atoms with E-state index in [0.717, 1.165) is 11.3 Å². The molecule has 0 spiro atoms. The van der Waals surface area contributed by atoms with Crippen LogP contribution in [0.1, 0.15) is 15.9 Å². The van der Waals surface area contributed by atoms with Crippen LogP contribution in [-0.2, 0) is 0 Å². The summed E-state index contributed by atoms with van der Waals surface area (Å²) in [5.41, 5.74) is 3.21. The van der Waals surface area contributed by atoms with Gasteiger partial charge in [-0.05, 0) is 48.9 Å². The number of halogens is 2. The summed E-state index contributed by atoms with van der Waals surface area (Å²) in [7, 11) is 1.85. The molecule has 0 aliphatic carbocycles. The number of rotatable bonds is 3. The maximum Gasteiger partial charge on any atom is 0.255 e. The first-order valence-corrected chi connectivity index (χ1v) is 6.81. The molecule has 0 fully saturated rings. The van der Waals surface area contributed by atoms with Gasteiger partial charge in [0.15, 0.2) is 0 Å². The molecule has 3 nitrogen and oxygen atoms in total. The minimum Gasteiger partial charge on any atom is -0.388 e. The van der Waals surface area contributed by atoms with Crippen LogP contribution < -0.4 is 10.6 Å². The minimum absolute atomic E-state index is 0.186. The fraction of sp³-hybridized carbons (Fsp3) is 0.133. The summed E-state index contributed by atoms with van der Waals surface area (Å²) in [5, 5.41) is 6.72. The predicted molar refractivity (Wildman–Crippen MR) is 85.1 cm³/mol. The Balaban J connectivity index is 2.19. The normalized spacial score (nSPS) is 10.2. The van der Waals surface area contributed by atoms with E-state index in [-0.39, 0.29) is 5.91 Å². The van der Waals surface area contributed by atoms with Crippen LogP contribution in [0.4, 0.5) is 11.4 Å². The highest BCUT2D eigenvalue weighted by atomic mass is 35.5. The lowest BCUT2D eigenvalue weighted by molar-refractivity contribution is 0.102. The van der Waals surface area contributed by atoms with Crippen molar-refractivity contribution < 1.29 is 4.79 Å². The molecule has 0 radical (unpaired) electrons. The number of aryl methyl sites for hydroxylation is 1. The highest BCUT2D eigenvalue weighted by Crippen LogP contribution is 2.25. The molecule has 2 N–H and O–H groups in total. The number of hydrogen-bond donors (Lipinski definition) is 2. The van der Waals surface area contributed by atoms with E-state index in [2.05, 4.69) is 10.6 Å². The second-order valence-corrected chi connectivity index (χ2v) is 5.18. The van der Waals surface area contributed by atoms with Crippen LogP contribution >= 0.6 is 23.2 Å². The second kappa shape index (κ2) is 6.16. The van der Waals surface area contributed by atoms with Crippen LogP contribution in [0.25, 0.3) is 0 Å². The predicted octanol–water partition coefficient (Wildman–Crippen LogP) is 4.60. The molecule has 0 saturated heterocycles. The summed E-state index contributed by atoms with van der Waals surface area (Å²) in [4.78, 5) is 12.2. The maximum absolute atomic E-state index is 12.2. The fourth-order valence-corrected chi connectivity index (χ4v) is 2.16. The van der Waals surface area contributed by atoms with Crippen molar-refractivity contribution in [1.29, 1.82) is 0 Å². The van der Waals surface area contributed by atoms with Crippen molar-refractivity contribution in [1.82, 2.24) is 0 Å². The topological polar surface area (TPSA) is 41.1 Å².